The number of carbonyl (C=O) groups is 2. The molecule has 0 radical (unpaired) electrons. The van der Waals surface area contributed by atoms with Crippen LogP contribution in [0.3, 0.4) is 0 Å². The summed E-state index contributed by atoms with van der Waals surface area (Å²) in [5, 5.41) is 1.87. The second kappa shape index (κ2) is 5.66. The van der Waals surface area contributed by atoms with Crippen LogP contribution in [-0.2, 0) is 4.79 Å². The fraction of sp³-hybridized carbons (Fsp3) is 0.455. The van der Waals surface area contributed by atoms with Gasteiger partial charge in [0.05, 0.1) is 4.88 Å². The summed E-state index contributed by atoms with van der Waals surface area (Å²) in [4.78, 5) is 25.4. The zero-order valence-electron chi connectivity index (χ0n) is 9.03. The van der Waals surface area contributed by atoms with E-state index in [1.807, 2.05) is 18.4 Å². The largest absolute Gasteiger partial charge is 0.346 e. The Morgan fingerprint density at radius 2 is 2.13 bits per heavy atom. The van der Waals surface area contributed by atoms with Crippen LogP contribution in [0, 0.1) is 0 Å². The predicted octanol–water partition coefficient (Wildman–Crippen LogP) is 2.19. The lowest BCUT2D eigenvalue weighted by Gasteiger charge is -2.13. The molecule has 1 heterocycles. The molecule has 0 bridgehead atoms. The Hall–Kier alpha value is -1.16. The lowest BCUT2D eigenvalue weighted by atomic mass is 10.2. The first-order chi connectivity index (χ1) is 7.15. The Morgan fingerprint density at radius 1 is 1.40 bits per heavy atom. The standard InChI is InChI=1S/C11H15NO2S/c1-3-12(2)11(14)7-6-9(13)10-5-4-8-15-10/h4-5,8H,3,6-7H2,1-2H3. The van der Waals surface area contributed by atoms with E-state index in [-0.39, 0.29) is 11.7 Å². The zero-order chi connectivity index (χ0) is 11.3. The average Bonchev–Trinajstić information content (AvgIpc) is 2.77. The lowest BCUT2D eigenvalue weighted by Crippen LogP contribution is -2.26. The van der Waals surface area contributed by atoms with E-state index in [1.165, 1.54) is 11.3 Å². The third-order valence-corrected chi connectivity index (χ3v) is 3.17. The Kier molecular flexibility index (Phi) is 4.49. The molecule has 1 aromatic heterocycles. The van der Waals surface area contributed by atoms with Gasteiger partial charge in [0.1, 0.15) is 0 Å². The summed E-state index contributed by atoms with van der Waals surface area (Å²) in [6.45, 7) is 2.60. The Balaban J connectivity index is 2.38. The summed E-state index contributed by atoms with van der Waals surface area (Å²) in [5.41, 5.74) is 0. The smallest absolute Gasteiger partial charge is 0.222 e. The molecule has 1 aromatic rings. The Morgan fingerprint density at radius 3 is 2.67 bits per heavy atom. The van der Waals surface area contributed by atoms with Gasteiger partial charge in [0.2, 0.25) is 5.91 Å². The molecule has 0 aliphatic heterocycles. The van der Waals surface area contributed by atoms with Gasteiger partial charge in [-0.1, -0.05) is 6.07 Å². The molecule has 3 nitrogen and oxygen atoms in total. The van der Waals surface area contributed by atoms with Gasteiger partial charge >= 0.3 is 0 Å². The number of nitrogens with zero attached hydrogens (tertiary/aromatic N) is 1. The van der Waals surface area contributed by atoms with Gasteiger partial charge < -0.3 is 4.90 Å². The summed E-state index contributed by atoms with van der Waals surface area (Å²) < 4.78 is 0. The summed E-state index contributed by atoms with van der Waals surface area (Å²) >= 11 is 1.42. The maximum absolute atomic E-state index is 11.6. The van der Waals surface area contributed by atoms with Crippen molar-refractivity contribution in [3.63, 3.8) is 0 Å². The van der Waals surface area contributed by atoms with Gasteiger partial charge in [0.15, 0.2) is 5.78 Å². The van der Waals surface area contributed by atoms with Gasteiger partial charge in [0.25, 0.3) is 0 Å². The number of hydrogen-bond acceptors (Lipinski definition) is 3. The zero-order valence-corrected chi connectivity index (χ0v) is 9.84. The van der Waals surface area contributed by atoms with Crippen molar-refractivity contribution in [3.8, 4) is 0 Å². The highest BCUT2D eigenvalue weighted by Gasteiger charge is 2.11. The fourth-order valence-electron chi connectivity index (χ4n) is 1.15. The van der Waals surface area contributed by atoms with Crippen molar-refractivity contribution in [1.82, 2.24) is 4.90 Å². The number of amides is 1. The van der Waals surface area contributed by atoms with Crippen LogP contribution in [0.15, 0.2) is 17.5 Å². The molecular weight excluding hydrogens is 210 g/mol. The molecule has 4 heteroatoms. The first-order valence-corrected chi connectivity index (χ1v) is 5.83. The van der Waals surface area contributed by atoms with Crippen LogP contribution in [0.25, 0.3) is 0 Å². The molecule has 15 heavy (non-hydrogen) atoms. The van der Waals surface area contributed by atoms with E-state index in [9.17, 15) is 9.59 Å². The number of hydrogen-bond donors (Lipinski definition) is 0. The number of thiophene rings is 1. The third kappa shape index (κ3) is 3.47. The minimum Gasteiger partial charge on any atom is -0.346 e. The number of rotatable bonds is 5. The quantitative estimate of drug-likeness (QED) is 0.720. The van der Waals surface area contributed by atoms with Gasteiger partial charge in [-0.2, -0.15) is 0 Å². The second-order valence-corrected chi connectivity index (χ2v) is 4.26. The summed E-state index contributed by atoms with van der Waals surface area (Å²) in [5.74, 6) is 0.0882. The highest BCUT2D eigenvalue weighted by Crippen LogP contribution is 2.12. The van der Waals surface area contributed by atoms with E-state index < -0.39 is 0 Å². The van der Waals surface area contributed by atoms with Crippen LogP contribution in [0.2, 0.25) is 0 Å². The highest BCUT2D eigenvalue weighted by atomic mass is 32.1. The summed E-state index contributed by atoms with van der Waals surface area (Å²) in [6.07, 6.45) is 0.616. The number of carbonyl (C=O) groups excluding carboxylic acids is 2. The van der Waals surface area contributed by atoms with E-state index in [4.69, 9.17) is 0 Å². The van der Waals surface area contributed by atoms with E-state index >= 15 is 0 Å². The molecule has 0 aliphatic carbocycles. The van der Waals surface area contributed by atoms with Crippen LogP contribution in [0.4, 0.5) is 0 Å². The van der Waals surface area contributed by atoms with E-state index in [0.29, 0.717) is 19.4 Å². The van der Waals surface area contributed by atoms with Crippen LogP contribution >= 0.6 is 11.3 Å². The van der Waals surface area contributed by atoms with Crippen molar-refractivity contribution >= 4 is 23.0 Å². The fourth-order valence-corrected chi connectivity index (χ4v) is 1.84. The van der Waals surface area contributed by atoms with Crippen LogP contribution in [0.5, 0.6) is 0 Å². The maximum Gasteiger partial charge on any atom is 0.222 e. The minimum atomic E-state index is 0.0300. The molecule has 0 saturated carbocycles. The molecule has 0 N–H and O–H groups in total. The molecule has 82 valence electrons. The molecular formula is C11H15NO2S. The minimum absolute atomic E-state index is 0.0300. The first-order valence-electron chi connectivity index (χ1n) is 4.95. The van der Waals surface area contributed by atoms with Crippen molar-refractivity contribution in [1.29, 1.82) is 0 Å². The highest BCUT2D eigenvalue weighted by molar-refractivity contribution is 7.12. The van der Waals surface area contributed by atoms with Gasteiger partial charge in [-0.25, -0.2) is 0 Å². The maximum atomic E-state index is 11.6. The van der Waals surface area contributed by atoms with Gasteiger partial charge in [-0.05, 0) is 18.4 Å². The second-order valence-electron chi connectivity index (χ2n) is 3.31. The summed E-state index contributed by atoms with van der Waals surface area (Å²) in [6, 6.07) is 3.64. The number of ketones is 1. The average molecular weight is 225 g/mol. The van der Waals surface area contributed by atoms with E-state index in [0.717, 1.165) is 4.88 Å². The molecule has 1 amide bonds. The van der Waals surface area contributed by atoms with Crippen molar-refractivity contribution < 1.29 is 9.59 Å². The normalized spacial score (nSPS) is 10.0. The molecule has 0 saturated heterocycles. The Labute approximate surface area is 93.7 Å². The third-order valence-electron chi connectivity index (χ3n) is 2.26. The molecule has 0 fully saturated rings. The number of Topliss-reactive ketones (excluding diaryl/α,β-unsaturated/α-hetero) is 1. The topological polar surface area (TPSA) is 37.4 Å². The van der Waals surface area contributed by atoms with Crippen LogP contribution in [0.1, 0.15) is 29.4 Å². The van der Waals surface area contributed by atoms with Crippen molar-refractivity contribution in [2.75, 3.05) is 13.6 Å². The van der Waals surface area contributed by atoms with Crippen LogP contribution < -0.4 is 0 Å². The Bertz CT molecular complexity index is 332. The van der Waals surface area contributed by atoms with Gasteiger partial charge in [0, 0.05) is 26.4 Å². The molecule has 0 aromatic carbocycles. The molecule has 0 spiro atoms. The van der Waals surface area contributed by atoms with Crippen molar-refractivity contribution in [2.45, 2.75) is 19.8 Å². The van der Waals surface area contributed by atoms with Crippen molar-refractivity contribution in [3.05, 3.63) is 22.4 Å². The molecule has 0 aliphatic rings. The van der Waals surface area contributed by atoms with Gasteiger partial charge in [-0.15, -0.1) is 11.3 Å². The van der Waals surface area contributed by atoms with Crippen molar-refractivity contribution in [2.24, 2.45) is 0 Å². The monoisotopic (exact) mass is 225 g/mol. The van der Waals surface area contributed by atoms with Crippen LogP contribution in [-0.4, -0.2) is 30.2 Å². The summed E-state index contributed by atoms with van der Waals surface area (Å²) in [7, 11) is 1.75. The molecule has 1 rings (SSSR count). The van der Waals surface area contributed by atoms with E-state index in [1.54, 1.807) is 18.0 Å². The molecule has 0 atom stereocenters. The lowest BCUT2D eigenvalue weighted by molar-refractivity contribution is -0.129. The SMILES string of the molecule is CCN(C)C(=O)CCC(=O)c1cccs1. The molecule has 0 unspecified atom stereocenters. The predicted molar refractivity (Wildman–Crippen MR) is 61.2 cm³/mol. The van der Waals surface area contributed by atoms with Gasteiger partial charge in [-0.3, -0.25) is 9.59 Å². The van der Waals surface area contributed by atoms with E-state index in [2.05, 4.69) is 0 Å². The first kappa shape index (κ1) is 11.9.